The molecule has 0 saturated heterocycles. The zero-order valence-electron chi connectivity index (χ0n) is 16.6. The van der Waals surface area contributed by atoms with Crippen molar-refractivity contribution in [2.75, 3.05) is 12.4 Å². The fourth-order valence-corrected chi connectivity index (χ4v) is 3.23. The molecule has 0 spiro atoms. The molecule has 2 aromatic rings. The molecule has 1 N–H and O–H groups in total. The fourth-order valence-electron chi connectivity index (χ4n) is 2.44. The molecule has 144 valence electrons. The van der Waals surface area contributed by atoms with Gasteiger partial charge in [-0.15, -0.1) is 5.10 Å². The van der Waals surface area contributed by atoms with E-state index in [0.29, 0.717) is 11.7 Å². The first-order chi connectivity index (χ1) is 12.2. The van der Waals surface area contributed by atoms with Crippen LogP contribution in [0.5, 0.6) is 5.75 Å². The van der Waals surface area contributed by atoms with E-state index in [2.05, 4.69) is 62.3 Å². The Morgan fingerprint density at radius 2 is 2.00 bits per heavy atom. The summed E-state index contributed by atoms with van der Waals surface area (Å²) < 4.78 is 7.59. The summed E-state index contributed by atoms with van der Waals surface area (Å²) in [6.07, 6.45) is -0.592. The minimum Gasteiger partial charge on any atom is -0.491 e. The zero-order valence-corrected chi connectivity index (χ0v) is 17.4. The molecule has 7 heteroatoms. The summed E-state index contributed by atoms with van der Waals surface area (Å²) in [6, 6.07) is 6.22. The molecule has 0 aliphatic heterocycles. The van der Waals surface area contributed by atoms with Crippen LogP contribution in [0.1, 0.15) is 45.7 Å². The average Bonchev–Trinajstić information content (AvgIpc) is 2.97. The third-order valence-electron chi connectivity index (χ3n) is 3.91. The van der Waals surface area contributed by atoms with Crippen LogP contribution in [-0.4, -0.2) is 43.8 Å². The lowest BCUT2D eigenvalue weighted by Gasteiger charge is -2.21. The van der Waals surface area contributed by atoms with E-state index in [1.165, 1.54) is 17.3 Å². The van der Waals surface area contributed by atoms with Crippen LogP contribution in [0, 0.1) is 12.8 Å². The van der Waals surface area contributed by atoms with Crippen molar-refractivity contribution in [3.05, 3.63) is 29.3 Å². The Labute approximate surface area is 160 Å². The van der Waals surface area contributed by atoms with Crippen LogP contribution < -0.4 is 4.74 Å². The molecule has 0 bridgehead atoms. The number of nitrogens with zero attached hydrogens (tertiary/aromatic N) is 4. The molecular weight excluding hydrogens is 348 g/mol. The molecule has 1 heterocycles. The van der Waals surface area contributed by atoms with E-state index in [9.17, 15) is 5.11 Å². The van der Waals surface area contributed by atoms with E-state index < -0.39 is 6.10 Å². The fraction of sp³-hybridized carbons (Fsp3) is 0.632. The van der Waals surface area contributed by atoms with Gasteiger partial charge in [-0.05, 0) is 45.9 Å². The number of aliphatic hydroxyl groups is 1. The highest BCUT2D eigenvalue weighted by molar-refractivity contribution is 7.99. The van der Waals surface area contributed by atoms with Crippen molar-refractivity contribution < 1.29 is 9.84 Å². The number of aliphatic hydroxyl groups excluding tert-OH is 1. The van der Waals surface area contributed by atoms with Crippen LogP contribution in [-0.2, 0) is 12.0 Å². The first-order valence-corrected chi connectivity index (χ1v) is 9.96. The average molecular weight is 379 g/mol. The Kier molecular flexibility index (Phi) is 7.06. The molecule has 0 amide bonds. The molecular formula is C19H30N4O2S. The predicted octanol–water partition coefficient (Wildman–Crippen LogP) is 3.47. The van der Waals surface area contributed by atoms with Gasteiger partial charge < -0.3 is 9.84 Å². The van der Waals surface area contributed by atoms with Gasteiger partial charge in [0.2, 0.25) is 5.16 Å². The topological polar surface area (TPSA) is 73.1 Å². The first kappa shape index (κ1) is 20.7. The highest BCUT2D eigenvalue weighted by Gasteiger charge is 2.16. The summed E-state index contributed by atoms with van der Waals surface area (Å²) in [5, 5.41) is 22.7. The Bertz CT molecular complexity index is 710. The number of hydrogen-bond acceptors (Lipinski definition) is 6. The van der Waals surface area contributed by atoms with Crippen molar-refractivity contribution in [2.45, 2.75) is 64.8 Å². The quantitative estimate of drug-likeness (QED) is 0.709. The van der Waals surface area contributed by atoms with Gasteiger partial charge in [-0.3, -0.25) is 0 Å². The zero-order chi connectivity index (χ0) is 19.3. The lowest BCUT2D eigenvalue weighted by Crippen LogP contribution is -2.21. The van der Waals surface area contributed by atoms with Crippen molar-refractivity contribution in [1.82, 2.24) is 20.2 Å². The van der Waals surface area contributed by atoms with Gasteiger partial charge in [-0.2, -0.15) is 0 Å². The van der Waals surface area contributed by atoms with Crippen LogP contribution >= 0.6 is 11.8 Å². The number of benzene rings is 1. The molecule has 2 rings (SSSR count). The minimum absolute atomic E-state index is 0.111. The summed E-state index contributed by atoms with van der Waals surface area (Å²) in [5.74, 6) is 1.76. The maximum Gasteiger partial charge on any atom is 0.209 e. The number of tetrazole rings is 1. The van der Waals surface area contributed by atoms with Gasteiger partial charge in [0.15, 0.2) is 0 Å². The van der Waals surface area contributed by atoms with Crippen LogP contribution in [0.25, 0.3) is 0 Å². The monoisotopic (exact) mass is 378 g/mol. The Hall–Kier alpha value is -1.60. The predicted molar refractivity (Wildman–Crippen MR) is 105 cm³/mol. The van der Waals surface area contributed by atoms with Crippen molar-refractivity contribution in [1.29, 1.82) is 0 Å². The lowest BCUT2D eigenvalue weighted by molar-refractivity contribution is 0.126. The van der Waals surface area contributed by atoms with E-state index in [1.807, 2.05) is 13.0 Å². The summed E-state index contributed by atoms with van der Waals surface area (Å²) in [4.78, 5) is 0. The molecule has 0 saturated carbocycles. The largest absolute Gasteiger partial charge is 0.491 e. The lowest BCUT2D eigenvalue weighted by atomic mass is 9.86. The summed E-state index contributed by atoms with van der Waals surface area (Å²) in [7, 11) is 0. The molecule has 0 radical (unpaired) electrons. The Morgan fingerprint density at radius 1 is 1.27 bits per heavy atom. The van der Waals surface area contributed by atoms with Gasteiger partial charge in [0.25, 0.3) is 0 Å². The first-order valence-electron chi connectivity index (χ1n) is 8.97. The molecule has 0 aliphatic rings. The third kappa shape index (κ3) is 5.99. The second-order valence-electron chi connectivity index (χ2n) is 8.04. The molecule has 26 heavy (non-hydrogen) atoms. The molecule has 1 unspecified atom stereocenters. The van der Waals surface area contributed by atoms with Gasteiger partial charge in [0.1, 0.15) is 12.4 Å². The van der Waals surface area contributed by atoms with Crippen molar-refractivity contribution in [3.8, 4) is 5.75 Å². The highest BCUT2D eigenvalue weighted by Crippen LogP contribution is 2.27. The van der Waals surface area contributed by atoms with Gasteiger partial charge in [-0.25, -0.2) is 4.68 Å². The second-order valence-corrected chi connectivity index (χ2v) is 9.03. The van der Waals surface area contributed by atoms with Gasteiger partial charge in [-0.1, -0.05) is 58.5 Å². The number of ether oxygens (including phenoxy) is 1. The van der Waals surface area contributed by atoms with Crippen LogP contribution in [0.2, 0.25) is 0 Å². The van der Waals surface area contributed by atoms with E-state index in [-0.39, 0.29) is 12.0 Å². The van der Waals surface area contributed by atoms with Crippen molar-refractivity contribution in [3.63, 3.8) is 0 Å². The number of thioether (sulfide) groups is 1. The van der Waals surface area contributed by atoms with Crippen LogP contribution in [0.3, 0.4) is 0 Å². The summed E-state index contributed by atoms with van der Waals surface area (Å²) in [6.45, 7) is 13.8. The van der Waals surface area contributed by atoms with Crippen molar-refractivity contribution in [2.24, 2.45) is 5.92 Å². The SMILES string of the molecule is Cc1cc(C(C)(C)C)ccc1OCC(O)CSc1nnnn1CC(C)C. The number of hydrogen-bond donors (Lipinski definition) is 1. The number of aryl methyl sites for hydroxylation is 1. The smallest absolute Gasteiger partial charge is 0.209 e. The van der Waals surface area contributed by atoms with Crippen molar-refractivity contribution >= 4 is 11.8 Å². The standard InChI is InChI=1S/C19H30N4O2S/c1-13(2)10-23-18(20-21-22-23)26-12-16(24)11-25-17-8-7-15(9-14(17)3)19(4,5)6/h7-9,13,16,24H,10-12H2,1-6H3. The highest BCUT2D eigenvalue weighted by atomic mass is 32.2. The molecule has 1 aromatic heterocycles. The Morgan fingerprint density at radius 3 is 2.62 bits per heavy atom. The normalized spacial score (nSPS) is 13.2. The number of aromatic nitrogens is 4. The summed E-state index contributed by atoms with van der Waals surface area (Å²) >= 11 is 1.45. The van der Waals surface area contributed by atoms with Crippen LogP contribution in [0.4, 0.5) is 0 Å². The molecule has 1 aromatic carbocycles. The second kappa shape index (κ2) is 8.86. The molecule has 6 nitrogen and oxygen atoms in total. The molecule has 0 aliphatic carbocycles. The third-order valence-corrected chi connectivity index (χ3v) is 5.02. The van der Waals surface area contributed by atoms with E-state index >= 15 is 0 Å². The molecule has 1 atom stereocenters. The van der Waals surface area contributed by atoms with Gasteiger partial charge in [0.05, 0.1) is 6.10 Å². The van der Waals surface area contributed by atoms with E-state index in [4.69, 9.17) is 4.74 Å². The van der Waals surface area contributed by atoms with E-state index in [1.54, 1.807) is 4.68 Å². The number of rotatable bonds is 8. The van der Waals surface area contributed by atoms with Gasteiger partial charge >= 0.3 is 0 Å². The minimum atomic E-state index is -0.592. The van der Waals surface area contributed by atoms with Crippen LogP contribution in [0.15, 0.2) is 23.4 Å². The maximum atomic E-state index is 10.2. The van der Waals surface area contributed by atoms with E-state index in [0.717, 1.165) is 23.0 Å². The molecule has 0 fully saturated rings. The Balaban J connectivity index is 1.86. The van der Waals surface area contributed by atoms with Gasteiger partial charge in [0, 0.05) is 12.3 Å². The maximum absolute atomic E-state index is 10.2. The summed E-state index contributed by atoms with van der Waals surface area (Å²) in [5.41, 5.74) is 2.47.